The molecule has 0 aromatic carbocycles. The molecule has 1 fully saturated rings. The summed E-state index contributed by atoms with van der Waals surface area (Å²) in [5.74, 6) is -0.462. The molecule has 80 valence electrons. The Hall–Kier alpha value is -0.900. The van der Waals surface area contributed by atoms with Crippen LogP contribution in [0.4, 0.5) is 0 Å². The third-order valence-corrected chi connectivity index (χ3v) is 2.82. The molecule has 0 spiro atoms. The van der Waals surface area contributed by atoms with Crippen molar-refractivity contribution in [1.82, 2.24) is 4.90 Å². The monoisotopic (exact) mass is 198 g/mol. The summed E-state index contributed by atoms with van der Waals surface area (Å²) in [5, 5.41) is 0. The lowest BCUT2D eigenvalue weighted by molar-refractivity contribution is -0.123. The van der Waals surface area contributed by atoms with E-state index < -0.39 is 0 Å². The Balaban J connectivity index is 2.47. The van der Waals surface area contributed by atoms with Crippen molar-refractivity contribution < 1.29 is 9.59 Å². The number of carbonyl (C=O) groups excluding carboxylic acids is 2. The first-order valence-electron chi connectivity index (χ1n) is 5.14. The first kappa shape index (κ1) is 11.2. The quantitative estimate of drug-likeness (QED) is 0.654. The van der Waals surface area contributed by atoms with Crippen molar-refractivity contribution in [1.29, 1.82) is 0 Å². The first-order chi connectivity index (χ1) is 6.65. The summed E-state index contributed by atoms with van der Waals surface area (Å²) in [5.41, 5.74) is 5.19. The van der Waals surface area contributed by atoms with Gasteiger partial charge in [0.15, 0.2) is 0 Å². The lowest BCUT2D eigenvalue weighted by Crippen LogP contribution is -2.44. The van der Waals surface area contributed by atoms with Gasteiger partial charge >= 0.3 is 0 Å². The minimum absolute atomic E-state index is 0.00875. The SMILES string of the molecule is CC(CN1CCCCC1C=O)C(N)=O. The summed E-state index contributed by atoms with van der Waals surface area (Å²) in [4.78, 5) is 23.7. The molecule has 1 heterocycles. The van der Waals surface area contributed by atoms with Gasteiger partial charge in [0.05, 0.1) is 6.04 Å². The van der Waals surface area contributed by atoms with Gasteiger partial charge in [0.2, 0.25) is 5.91 Å². The molecule has 0 aromatic rings. The third kappa shape index (κ3) is 2.80. The number of nitrogens with zero attached hydrogens (tertiary/aromatic N) is 1. The van der Waals surface area contributed by atoms with E-state index >= 15 is 0 Å². The highest BCUT2D eigenvalue weighted by atomic mass is 16.1. The van der Waals surface area contributed by atoms with Crippen LogP contribution in [0.2, 0.25) is 0 Å². The minimum Gasteiger partial charge on any atom is -0.369 e. The summed E-state index contributed by atoms with van der Waals surface area (Å²) in [7, 11) is 0. The molecule has 1 saturated heterocycles. The average Bonchev–Trinajstić information content (AvgIpc) is 2.18. The molecule has 0 bridgehead atoms. The molecule has 0 aliphatic carbocycles. The molecule has 2 N–H and O–H groups in total. The predicted octanol–water partition coefficient (Wildman–Crippen LogP) is 0.161. The van der Waals surface area contributed by atoms with Crippen LogP contribution >= 0.6 is 0 Å². The number of piperidine rings is 1. The van der Waals surface area contributed by atoms with Crippen molar-refractivity contribution in [2.45, 2.75) is 32.2 Å². The van der Waals surface area contributed by atoms with E-state index in [4.69, 9.17) is 5.73 Å². The second-order valence-electron chi connectivity index (χ2n) is 4.00. The summed E-state index contributed by atoms with van der Waals surface area (Å²) in [6, 6.07) is -0.00875. The van der Waals surface area contributed by atoms with Crippen LogP contribution in [0.5, 0.6) is 0 Å². The molecule has 0 saturated carbocycles. The number of hydrogen-bond donors (Lipinski definition) is 1. The van der Waals surface area contributed by atoms with Crippen molar-refractivity contribution in [2.24, 2.45) is 11.7 Å². The smallest absolute Gasteiger partial charge is 0.221 e. The number of nitrogens with two attached hydrogens (primary N) is 1. The topological polar surface area (TPSA) is 63.4 Å². The zero-order chi connectivity index (χ0) is 10.6. The van der Waals surface area contributed by atoms with E-state index in [-0.39, 0.29) is 17.9 Å². The highest BCUT2D eigenvalue weighted by molar-refractivity contribution is 5.76. The molecule has 0 radical (unpaired) electrons. The van der Waals surface area contributed by atoms with Crippen LogP contribution in [0.1, 0.15) is 26.2 Å². The van der Waals surface area contributed by atoms with Gasteiger partial charge in [-0.3, -0.25) is 9.69 Å². The number of primary amides is 1. The van der Waals surface area contributed by atoms with Gasteiger partial charge in [0.1, 0.15) is 6.29 Å². The lowest BCUT2D eigenvalue weighted by atomic mass is 10.0. The third-order valence-electron chi connectivity index (χ3n) is 2.82. The van der Waals surface area contributed by atoms with Crippen molar-refractivity contribution in [3.05, 3.63) is 0 Å². The Morgan fingerprint density at radius 2 is 2.36 bits per heavy atom. The van der Waals surface area contributed by atoms with E-state index in [1.807, 2.05) is 0 Å². The Morgan fingerprint density at radius 3 is 2.93 bits per heavy atom. The largest absolute Gasteiger partial charge is 0.369 e. The van der Waals surface area contributed by atoms with Gasteiger partial charge in [-0.25, -0.2) is 0 Å². The Morgan fingerprint density at radius 1 is 1.64 bits per heavy atom. The van der Waals surface area contributed by atoms with Gasteiger partial charge in [0.25, 0.3) is 0 Å². The highest BCUT2D eigenvalue weighted by Crippen LogP contribution is 2.16. The number of aldehydes is 1. The van der Waals surface area contributed by atoms with Crippen LogP contribution in [-0.4, -0.2) is 36.2 Å². The fourth-order valence-electron chi connectivity index (χ4n) is 1.84. The van der Waals surface area contributed by atoms with Gasteiger partial charge in [-0.05, 0) is 19.4 Å². The standard InChI is InChI=1S/C10H18N2O2/c1-8(10(11)14)6-12-5-3-2-4-9(12)7-13/h7-9H,2-6H2,1H3,(H2,11,14). The fraction of sp³-hybridized carbons (Fsp3) is 0.800. The van der Waals surface area contributed by atoms with Crippen molar-refractivity contribution in [2.75, 3.05) is 13.1 Å². The minimum atomic E-state index is -0.291. The molecule has 2 atom stereocenters. The average molecular weight is 198 g/mol. The van der Waals surface area contributed by atoms with Gasteiger partial charge in [-0.2, -0.15) is 0 Å². The predicted molar refractivity (Wildman–Crippen MR) is 53.6 cm³/mol. The Labute approximate surface area is 84.4 Å². The van der Waals surface area contributed by atoms with Crippen molar-refractivity contribution >= 4 is 12.2 Å². The van der Waals surface area contributed by atoms with Crippen LogP contribution < -0.4 is 5.73 Å². The van der Waals surface area contributed by atoms with Crippen LogP contribution in [0, 0.1) is 5.92 Å². The highest BCUT2D eigenvalue weighted by Gasteiger charge is 2.24. The zero-order valence-electron chi connectivity index (χ0n) is 8.61. The summed E-state index contributed by atoms with van der Waals surface area (Å²) < 4.78 is 0. The van der Waals surface area contributed by atoms with E-state index in [1.165, 1.54) is 0 Å². The van der Waals surface area contributed by atoms with Gasteiger partial charge in [0, 0.05) is 12.5 Å². The van der Waals surface area contributed by atoms with Crippen LogP contribution in [0.3, 0.4) is 0 Å². The maximum absolute atomic E-state index is 10.9. The molecule has 14 heavy (non-hydrogen) atoms. The molecule has 0 aromatic heterocycles. The van der Waals surface area contributed by atoms with Gasteiger partial charge < -0.3 is 10.5 Å². The summed E-state index contributed by atoms with van der Waals surface area (Å²) in [6.45, 7) is 3.32. The molecule has 1 aliphatic rings. The second-order valence-corrected chi connectivity index (χ2v) is 4.00. The molecule has 4 heteroatoms. The molecular formula is C10H18N2O2. The maximum Gasteiger partial charge on any atom is 0.221 e. The van der Waals surface area contributed by atoms with E-state index in [1.54, 1.807) is 6.92 Å². The van der Waals surface area contributed by atoms with E-state index in [9.17, 15) is 9.59 Å². The van der Waals surface area contributed by atoms with Crippen molar-refractivity contribution in [3.63, 3.8) is 0 Å². The van der Waals surface area contributed by atoms with Gasteiger partial charge in [-0.15, -0.1) is 0 Å². The fourth-order valence-corrected chi connectivity index (χ4v) is 1.84. The normalized spacial score (nSPS) is 25.6. The molecule has 4 nitrogen and oxygen atoms in total. The molecule has 1 aliphatic heterocycles. The van der Waals surface area contributed by atoms with E-state index in [2.05, 4.69) is 4.90 Å². The van der Waals surface area contributed by atoms with Crippen molar-refractivity contribution in [3.8, 4) is 0 Å². The number of carbonyl (C=O) groups is 2. The number of likely N-dealkylation sites (tertiary alicyclic amines) is 1. The molecule has 1 amide bonds. The molecule has 1 rings (SSSR count). The van der Waals surface area contributed by atoms with E-state index in [0.717, 1.165) is 32.1 Å². The van der Waals surface area contributed by atoms with Crippen LogP contribution in [-0.2, 0) is 9.59 Å². The Bertz CT molecular complexity index is 218. The number of amides is 1. The number of rotatable bonds is 4. The first-order valence-corrected chi connectivity index (χ1v) is 5.14. The summed E-state index contributed by atoms with van der Waals surface area (Å²) in [6.07, 6.45) is 4.10. The molecule has 2 unspecified atom stereocenters. The van der Waals surface area contributed by atoms with E-state index in [0.29, 0.717) is 6.54 Å². The summed E-state index contributed by atoms with van der Waals surface area (Å²) >= 11 is 0. The lowest BCUT2D eigenvalue weighted by Gasteiger charge is -2.33. The Kier molecular flexibility index (Phi) is 4.07. The van der Waals surface area contributed by atoms with Crippen LogP contribution in [0.15, 0.2) is 0 Å². The second kappa shape index (κ2) is 5.10. The van der Waals surface area contributed by atoms with Gasteiger partial charge in [-0.1, -0.05) is 13.3 Å². The number of hydrogen-bond acceptors (Lipinski definition) is 3. The maximum atomic E-state index is 10.9. The zero-order valence-corrected chi connectivity index (χ0v) is 8.61. The van der Waals surface area contributed by atoms with Crippen LogP contribution in [0.25, 0.3) is 0 Å². The molecular weight excluding hydrogens is 180 g/mol.